The van der Waals surface area contributed by atoms with Crippen molar-refractivity contribution in [3.63, 3.8) is 0 Å². The molecule has 1 aromatic rings. The van der Waals surface area contributed by atoms with Crippen LogP contribution in [-0.4, -0.2) is 43.7 Å². The van der Waals surface area contributed by atoms with E-state index in [4.69, 9.17) is 4.74 Å². The number of carbonyl (C=O) groups is 1. The van der Waals surface area contributed by atoms with Gasteiger partial charge in [0.05, 0.1) is 6.61 Å². The summed E-state index contributed by atoms with van der Waals surface area (Å²) in [4.78, 5) is 14.3. The van der Waals surface area contributed by atoms with E-state index in [1.165, 1.54) is 5.56 Å². The van der Waals surface area contributed by atoms with Crippen molar-refractivity contribution < 1.29 is 9.53 Å². The molecule has 1 atom stereocenters. The smallest absolute Gasteiger partial charge is 0.244 e. The number of ether oxygens (including phenoxy) is 1. The molecule has 0 saturated carbocycles. The van der Waals surface area contributed by atoms with Gasteiger partial charge in [0.1, 0.15) is 6.04 Å². The van der Waals surface area contributed by atoms with Crippen molar-refractivity contribution in [2.75, 3.05) is 32.1 Å². The van der Waals surface area contributed by atoms with Gasteiger partial charge in [-0.05, 0) is 37.8 Å². The Kier molecular flexibility index (Phi) is 5.41. The van der Waals surface area contributed by atoms with Crippen LogP contribution in [0.2, 0.25) is 0 Å². The summed E-state index contributed by atoms with van der Waals surface area (Å²) in [6.07, 6.45) is 3.11. The zero-order valence-electron chi connectivity index (χ0n) is 12.4. The molecular formula is C16H24N2O2. The molecule has 0 aromatic heterocycles. The summed E-state index contributed by atoms with van der Waals surface area (Å²) in [7, 11) is 1.70. The summed E-state index contributed by atoms with van der Waals surface area (Å²) in [5, 5.41) is 3.35. The number of nitrogens with zero attached hydrogens (tertiary/aromatic N) is 1. The number of hydrogen-bond acceptors (Lipinski definition) is 3. The molecule has 1 amide bonds. The lowest BCUT2D eigenvalue weighted by Gasteiger charge is -2.23. The number of likely N-dealkylation sites (tertiary alicyclic amines) is 1. The van der Waals surface area contributed by atoms with E-state index in [2.05, 4.69) is 11.4 Å². The number of anilines is 1. The third-order valence-corrected chi connectivity index (χ3v) is 3.75. The van der Waals surface area contributed by atoms with Gasteiger partial charge in [-0.3, -0.25) is 4.79 Å². The number of para-hydroxylation sites is 1. The summed E-state index contributed by atoms with van der Waals surface area (Å²) < 4.78 is 5.13. The SMILES string of the molecule is COCCc1ccccc1NC(C)C(=O)N1CCCC1. The van der Waals surface area contributed by atoms with Gasteiger partial charge in [-0.15, -0.1) is 0 Å². The van der Waals surface area contributed by atoms with Crippen molar-refractivity contribution >= 4 is 11.6 Å². The van der Waals surface area contributed by atoms with E-state index >= 15 is 0 Å². The largest absolute Gasteiger partial charge is 0.384 e. The lowest BCUT2D eigenvalue weighted by Crippen LogP contribution is -2.39. The first-order valence-electron chi connectivity index (χ1n) is 7.34. The van der Waals surface area contributed by atoms with Gasteiger partial charge in [-0.25, -0.2) is 0 Å². The van der Waals surface area contributed by atoms with Gasteiger partial charge in [-0.2, -0.15) is 0 Å². The Balaban J connectivity index is 1.99. The van der Waals surface area contributed by atoms with Gasteiger partial charge >= 0.3 is 0 Å². The van der Waals surface area contributed by atoms with Crippen LogP contribution in [0.1, 0.15) is 25.3 Å². The van der Waals surface area contributed by atoms with Gasteiger partial charge in [0, 0.05) is 25.9 Å². The molecule has 1 saturated heterocycles. The predicted octanol–water partition coefficient (Wildman–Crippen LogP) is 2.30. The van der Waals surface area contributed by atoms with Crippen molar-refractivity contribution in [1.82, 2.24) is 4.90 Å². The first kappa shape index (κ1) is 14.9. The first-order chi connectivity index (χ1) is 9.72. The van der Waals surface area contributed by atoms with Crippen molar-refractivity contribution in [2.24, 2.45) is 0 Å². The Morgan fingerprint density at radius 2 is 2.05 bits per heavy atom. The molecule has 20 heavy (non-hydrogen) atoms. The van der Waals surface area contributed by atoms with Gasteiger partial charge in [-0.1, -0.05) is 18.2 Å². The number of methoxy groups -OCH3 is 1. The summed E-state index contributed by atoms with van der Waals surface area (Å²) in [6, 6.07) is 7.93. The van der Waals surface area contributed by atoms with E-state index in [1.807, 2.05) is 30.0 Å². The minimum atomic E-state index is -0.184. The van der Waals surface area contributed by atoms with E-state index in [9.17, 15) is 4.79 Å². The maximum atomic E-state index is 12.3. The number of carbonyl (C=O) groups excluding carboxylic acids is 1. The Hall–Kier alpha value is -1.55. The van der Waals surface area contributed by atoms with E-state index < -0.39 is 0 Å². The number of benzene rings is 1. The molecule has 1 N–H and O–H groups in total. The lowest BCUT2D eigenvalue weighted by molar-refractivity contribution is -0.130. The molecule has 1 unspecified atom stereocenters. The summed E-state index contributed by atoms with van der Waals surface area (Å²) in [5.74, 6) is 0.198. The average Bonchev–Trinajstić information content (AvgIpc) is 2.99. The second-order valence-electron chi connectivity index (χ2n) is 5.30. The van der Waals surface area contributed by atoms with Crippen LogP contribution in [-0.2, 0) is 16.0 Å². The van der Waals surface area contributed by atoms with Crippen LogP contribution in [0.3, 0.4) is 0 Å². The Morgan fingerprint density at radius 1 is 1.35 bits per heavy atom. The highest BCUT2D eigenvalue weighted by Crippen LogP contribution is 2.18. The number of hydrogen-bond donors (Lipinski definition) is 1. The van der Waals surface area contributed by atoms with Gasteiger partial charge in [0.2, 0.25) is 5.91 Å². The second-order valence-corrected chi connectivity index (χ2v) is 5.30. The number of rotatable bonds is 6. The molecule has 1 aliphatic rings. The van der Waals surface area contributed by atoms with Crippen LogP contribution in [0.25, 0.3) is 0 Å². The molecule has 0 aliphatic carbocycles. The van der Waals surface area contributed by atoms with Gasteiger partial charge < -0.3 is 15.0 Å². The molecular weight excluding hydrogens is 252 g/mol. The normalized spacial score (nSPS) is 16.2. The summed E-state index contributed by atoms with van der Waals surface area (Å²) >= 11 is 0. The van der Waals surface area contributed by atoms with Crippen LogP contribution in [0.5, 0.6) is 0 Å². The average molecular weight is 276 g/mol. The second kappa shape index (κ2) is 7.29. The minimum absolute atomic E-state index is 0.184. The quantitative estimate of drug-likeness (QED) is 0.867. The third-order valence-electron chi connectivity index (χ3n) is 3.75. The summed E-state index contributed by atoms with van der Waals surface area (Å²) in [5.41, 5.74) is 2.22. The van der Waals surface area contributed by atoms with Crippen molar-refractivity contribution in [3.8, 4) is 0 Å². The molecule has 1 fully saturated rings. The maximum absolute atomic E-state index is 12.3. The van der Waals surface area contributed by atoms with E-state index in [0.717, 1.165) is 38.0 Å². The Morgan fingerprint density at radius 3 is 2.75 bits per heavy atom. The van der Waals surface area contributed by atoms with Crippen molar-refractivity contribution in [3.05, 3.63) is 29.8 Å². The standard InChI is InChI=1S/C16H24N2O2/c1-13(16(19)18-10-5-6-11-18)17-15-8-4-3-7-14(15)9-12-20-2/h3-4,7-8,13,17H,5-6,9-12H2,1-2H3. The van der Waals surface area contributed by atoms with Crippen molar-refractivity contribution in [1.29, 1.82) is 0 Å². The molecule has 1 heterocycles. The molecule has 1 aliphatic heterocycles. The molecule has 0 bridgehead atoms. The van der Waals surface area contributed by atoms with E-state index in [-0.39, 0.29) is 11.9 Å². The monoisotopic (exact) mass is 276 g/mol. The van der Waals surface area contributed by atoms with E-state index in [0.29, 0.717) is 6.61 Å². The molecule has 1 aromatic carbocycles. The zero-order valence-corrected chi connectivity index (χ0v) is 12.4. The van der Waals surface area contributed by atoms with Gasteiger partial charge in [0.25, 0.3) is 0 Å². The van der Waals surface area contributed by atoms with Crippen LogP contribution in [0.15, 0.2) is 24.3 Å². The fraction of sp³-hybridized carbons (Fsp3) is 0.562. The maximum Gasteiger partial charge on any atom is 0.244 e. The molecule has 0 radical (unpaired) electrons. The Bertz CT molecular complexity index is 442. The van der Waals surface area contributed by atoms with Crippen LogP contribution >= 0.6 is 0 Å². The number of nitrogens with one attached hydrogen (secondary N) is 1. The number of amides is 1. The van der Waals surface area contributed by atoms with Crippen molar-refractivity contribution in [2.45, 2.75) is 32.2 Å². The van der Waals surface area contributed by atoms with E-state index in [1.54, 1.807) is 7.11 Å². The highest BCUT2D eigenvalue weighted by atomic mass is 16.5. The summed E-state index contributed by atoms with van der Waals surface area (Å²) in [6.45, 7) is 4.42. The van der Waals surface area contributed by atoms with Gasteiger partial charge in [0.15, 0.2) is 0 Å². The molecule has 0 spiro atoms. The third kappa shape index (κ3) is 3.73. The Labute approximate surface area is 121 Å². The highest BCUT2D eigenvalue weighted by molar-refractivity contribution is 5.84. The fourth-order valence-electron chi connectivity index (χ4n) is 2.60. The minimum Gasteiger partial charge on any atom is -0.384 e. The lowest BCUT2D eigenvalue weighted by atomic mass is 10.1. The highest BCUT2D eigenvalue weighted by Gasteiger charge is 2.23. The van der Waals surface area contributed by atoms with Crippen LogP contribution in [0.4, 0.5) is 5.69 Å². The molecule has 4 nitrogen and oxygen atoms in total. The predicted molar refractivity (Wildman–Crippen MR) is 80.9 cm³/mol. The first-order valence-corrected chi connectivity index (χ1v) is 7.34. The molecule has 2 rings (SSSR count). The fourth-order valence-corrected chi connectivity index (χ4v) is 2.60. The molecule has 110 valence electrons. The van der Waals surface area contributed by atoms with Crippen LogP contribution in [0, 0.1) is 0 Å². The topological polar surface area (TPSA) is 41.6 Å². The zero-order chi connectivity index (χ0) is 14.4. The molecule has 4 heteroatoms. The van der Waals surface area contributed by atoms with Crippen LogP contribution < -0.4 is 5.32 Å².